The largest absolute Gasteiger partial charge is 0.329 e. The number of rotatable bonds is 4. The molecule has 0 aromatic heterocycles. The van der Waals surface area contributed by atoms with Crippen molar-refractivity contribution in [2.45, 2.75) is 25.4 Å². The van der Waals surface area contributed by atoms with Crippen LogP contribution in [0.2, 0.25) is 0 Å². The lowest BCUT2D eigenvalue weighted by molar-refractivity contribution is -0.141. The molecule has 2 atom stereocenters. The standard InChI is InChI=1S/C8H15N3O5S/c1-5(7(12)9-14)11-4-3-6(8(11)13)10-17(2,15)16/h5-6,10,14H,3-4H2,1-2H3,(H,9,12). The van der Waals surface area contributed by atoms with Gasteiger partial charge in [-0.05, 0) is 13.3 Å². The molecule has 9 heteroatoms. The predicted octanol–water partition coefficient (Wildman–Crippen LogP) is -1.97. The number of nitrogens with zero attached hydrogens (tertiary/aromatic N) is 1. The summed E-state index contributed by atoms with van der Waals surface area (Å²) in [5.74, 6) is -1.18. The molecule has 0 aromatic rings. The third-order valence-corrected chi connectivity index (χ3v) is 3.27. The summed E-state index contributed by atoms with van der Waals surface area (Å²) >= 11 is 0. The highest BCUT2D eigenvalue weighted by Crippen LogP contribution is 2.15. The minimum atomic E-state index is -3.46. The van der Waals surface area contributed by atoms with Crippen LogP contribution in [0.25, 0.3) is 0 Å². The van der Waals surface area contributed by atoms with Crippen LogP contribution < -0.4 is 10.2 Å². The van der Waals surface area contributed by atoms with E-state index in [9.17, 15) is 18.0 Å². The number of sulfonamides is 1. The van der Waals surface area contributed by atoms with E-state index in [1.54, 1.807) is 0 Å². The van der Waals surface area contributed by atoms with Gasteiger partial charge in [0.15, 0.2) is 0 Å². The van der Waals surface area contributed by atoms with Crippen molar-refractivity contribution in [3.63, 3.8) is 0 Å². The average Bonchev–Trinajstić information content (AvgIpc) is 2.56. The summed E-state index contributed by atoms with van der Waals surface area (Å²) < 4.78 is 24.2. The van der Waals surface area contributed by atoms with Gasteiger partial charge in [0.25, 0.3) is 5.91 Å². The number of nitrogens with one attached hydrogen (secondary N) is 2. The first kappa shape index (κ1) is 13.9. The van der Waals surface area contributed by atoms with Crippen LogP contribution in [0.3, 0.4) is 0 Å². The molecule has 0 radical (unpaired) electrons. The fourth-order valence-corrected chi connectivity index (χ4v) is 2.42. The maximum absolute atomic E-state index is 11.8. The minimum absolute atomic E-state index is 0.264. The lowest BCUT2D eigenvalue weighted by Crippen LogP contribution is -2.48. The maximum atomic E-state index is 11.8. The molecular weight excluding hydrogens is 250 g/mol. The zero-order chi connectivity index (χ0) is 13.2. The highest BCUT2D eigenvalue weighted by Gasteiger charge is 2.37. The van der Waals surface area contributed by atoms with Crippen molar-refractivity contribution in [2.24, 2.45) is 0 Å². The summed E-state index contributed by atoms with van der Waals surface area (Å²) in [6.45, 7) is 1.72. The van der Waals surface area contributed by atoms with E-state index in [1.807, 2.05) is 0 Å². The van der Waals surface area contributed by atoms with E-state index < -0.39 is 33.9 Å². The van der Waals surface area contributed by atoms with Crippen LogP contribution in [0.15, 0.2) is 0 Å². The predicted molar refractivity (Wildman–Crippen MR) is 57.5 cm³/mol. The highest BCUT2D eigenvalue weighted by atomic mass is 32.2. The SMILES string of the molecule is CC(C(=O)NO)N1CCC(NS(C)(=O)=O)C1=O. The lowest BCUT2D eigenvalue weighted by atomic mass is 10.2. The molecule has 1 aliphatic rings. The van der Waals surface area contributed by atoms with Gasteiger partial charge in [0.1, 0.15) is 12.1 Å². The van der Waals surface area contributed by atoms with Crippen LogP contribution in [0, 0.1) is 0 Å². The quantitative estimate of drug-likeness (QED) is 0.403. The van der Waals surface area contributed by atoms with Crippen molar-refractivity contribution in [3.05, 3.63) is 0 Å². The molecule has 0 aromatic carbocycles. The van der Waals surface area contributed by atoms with Crippen molar-refractivity contribution >= 4 is 21.8 Å². The molecule has 1 aliphatic heterocycles. The van der Waals surface area contributed by atoms with Crippen molar-refractivity contribution < 1.29 is 23.2 Å². The van der Waals surface area contributed by atoms with Gasteiger partial charge in [-0.25, -0.2) is 18.6 Å². The summed E-state index contributed by atoms with van der Waals surface area (Å²) in [7, 11) is -3.46. The zero-order valence-corrected chi connectivity index (χ0v) is 10.3. The Bertz CT molecular complexity index is 421. The maximum Gasteiger partial charge on any atom is 0.265 e. The van der Waals surface area contributed by atoms with Gasteiger partial charge in [0.2, 0.25) is 15.9 Å². The molecule has 0 bridgehead atoms. The Morgan fingerprint density at radius 3 is 2.65 bits per heavy atom. The van der Waals surface area contributed by atoms with E-state index in [2.05, 4.69) is 4.72 Å². The van der Waals surface area contributed by atoms with Crippen LogP contribution in [0.4, 0.5) is 0 Å². The topological polar surface area (TPSA) is 116 Å². The molecule has 1 heterocycles. The Hall–Kier alpha value is -1.19. The molecule has 2 amide bonds. The van der Waals surface area contributed by atoms with Crippen LogP contribution >= 0.6 is 0 Å². The van der Waals surface area contributed by atoms with Crippen LogP contribution in [0.1, 0.15) is 13.3 Å². The molecular formula is C8H15N3O5S. The van der Waals surface area contributed by atoms with Gasteiger partial charge in [-0.1, -0.05) is 0 Å². The van der Waals surface area contributed by atoms with Gasteiger partial charge >= 0.3 is 0 Å². The monoisotopic (exact) mass is 265 g/mol. The zero-order valence-electron chi connectivity index (χ0n) is 9.50. The highest BCUT2D eigenvalue weighted by molar-refractivity contribution is 7.88. The van der Waals surface area contributed by atoms with Gasteiger partial charge < -0.3 is 4.90 Å². The minimum Gasteiger partial charge on any atom is -0.329 e. The van der Waals surface area contributed by atoms with Gasteiger partial charge in [-0.2, -0.15) is 0 Å². The first-order valence-electron chi connectivity index (χ1n) is 4.98. The van der Waals surface area contributed by atoms with Gasteiger partial charge in [0.05, 0.1) is 6.26 Å². The normalized spacial score (nSPS) is 22.6. The number of amides is 2. The second-order valence-corrected chi connectivity index (χ2v) is 5.69. The van der Waals surface area contributed by atoms with Crippen molar-refractivity contribution in [3.8, 4) is 0 Å². The third kappa shape index (κ3) is 3.38. The summed E-state index contributed by atoms with van der Waals surface area (Å²) in [6, 6.07) is -1.67. The number of hydrogen-bond donors (Lipinski definition) is 3. The fraction of sp³-hybridized carbons (Fsp3) is 0.750. The van der Waals surface area contributed by atoms with Gasteiger partial charge in [0, 0.05) is 6.54 Å². The third-order valence-electron chi connectivity index (χ3n) is 2.55. The van der Waals surface area contributed by atoms with Crippen LogP contribution in [0.5, 0.6) is 0 Å². The number of likely N-dealkylation sites (tertiary alicyclic amines) is 1. The van der Waals surface area contributed by atoms with E-state index in [-0.39, 0.29) is 6.54 Å². The molecule has 0 saturated carbocycles. The number of carbonyl (C=O) groups is 2. The Morgan fingerprint density at radius 1 is 1.59 bits per heavy atom. The Balaban J connectivity index is 2.71. The molecule has 1 saturated heterocycles. The molecule has 0 spiro atoms. The molecule has 0 aliphatic carbocycles. The van der Waals surface area contributed by atoms with Gasteiger partial charge in [-0.15, -0.1) is 0 Å². The molecule has 8 nitrogen and oxygen atoms in total. The molecule has 1 fully saturated rings. The molecule has 2 unspecified atom stereocenters. The summed E-state index contributed by atoms with van der Waals surface area (Å²) in [5.41, 5.74) is 1.45. The van der Waals surface area contributed by atoms with E-state index in [1.165, 1.54) is 17.3 Å². The molecule has 3 N–H and O–H groups in total. The van der Waals surface area contributed by atoms with Crippen molar-refractivity contribution in [1.82, 2.24) is 15.1 Å². The smallest absolute Gasteiger partial charge is 0.265 e. The van der Waals surface area contributed by atoms with Gasteiger partial charge in [-0.3, -0.25) is 14.8 Å². The Morgan fingerprint density at radius 2 is 2.18 bits per heavy atom. The lowest BCUT2D eigenvalue weighted by Gasteiger charge is -2.22. The first-order chi connectivity index (χ1) is 7.76. The number of carbonyl (C=O) groups excluding carboxylic acids is 2. The number of hydrogen-bond acceptors (Lipinski definition) is 5. The average molecular weight is 265 g/mol. The van der Waals surface area contributed by atoms with E-state index in [0.717, 1.165) is 6.26 Å². The van der Waals surface area contributed by atoms with Crippen LogP contribution in [-0.4, -0.2) is 55.2 Å². The fourth-order valence-electron chi connectivity index (χ4n) is 1.69. The Kier molecular flexibility index (Phi) is 4.07. The summed E-state index contributed by atoms with van der Waals surface area (Å²) in [4.78, 5) is 24.1. The van der Waals surface area contributed by atoms with Crippen molar-refractivity contribution in [2.75, 3.05) is 12.8 Å². The second kappa shape index (κ2) is 4.98. The first-order valence-corrected chi connectivity index (χ1v) is 6.87. The van der Waals surface area contributed by atoms with Crippen molar-refractivity contribution in [1.29, 1.82) is 0 Å². The summed E-state index contributed by atoms with van der Waals surface area (Å²) in [6.07, 6.45) is 1.27. The number of hydroxylamine groups is 1. The van der Waals surface area contributed by atoms with E-state index in [4.69, 9.17) is 5.21 Å². The summed E-state index contributed by atoms with van der Waals surface area (Å²) in [5, 5.41) is 8.46. The van der Waals surface area contributed by atoms with Crippen LogP contribution in [-0.2, 0) is 19.6 Å². The molecule has 98 valence electrons. The Labute approximate surface area is 99.0 Å². The van der Waals surface area contributed by atoms with E-state index >= 15 is 0 Å². The molecule has 17 heavy (non-hydrogen) atoms. The van der Waals surface area contributed by atoms with E-state index in [0.29, 0.717) is 6.42 Å². The molecule has 1 rings (SSSR count). The second-order valence-electron chi connectivity index (χ2n) is 3.91.